The largest absolute Gasteiger partial charge is 0.327 e. The van der Waals surface area contributed by atoms with E-state index in [1.807, 2.05) is 26.0 Å². The first-order valence-electron chi connectivity index (χ1n) is 4.27. The van der Waals surface area contributed by atoms with E-state index in [-0.39, 0.29) is 0 Å². The number of rotatable bonds is 2. The predicted octanol–water partition coefficient (Wildman–Crippen LogP) is 3.01. The van der Waals surface area contributed by atoms with Crippen molar-refractivity contribution in [2.75, 3.05) is 6.54 Å². The van der Waals surface area contributed by atoms with Gasteiger partial charge in [0.25, 0.3) is 0 Å². The Bertz CT molecular complexity index is 329. The second-order valence-corrected chi connectivity index (χ2v) is 3.61. The van der Waals surface area contributed by atoms with Gasteiger partial charge in [-0.25, -0.2) is 0 Å². The molecule has 0 aromatic heterocycles. The van der Waals surface area contributed by atoms with Gasteiger partial charge in [-0.2, -0.15) is 0 Å². The maximum absolute atomic E-state index is 5.91. The zero-order valence-electron chi connectivity index (χ0n) is 7.97. The number of aryl methyl sites for hydroxylation is 1. The third-order valence-corrected chi connectivity index (χ3v) is 2.34. The summed E-state index contributed by atoms with van der Waals surface area (Å²) in [4.78, 5) is 0. The molecule has 0 spiro atoms. The Morgan fingerprint density at radius 2 is 2.23 bits per heavy atom. The first-order valence-corrected chi connectivity index (χ1v) is 4.64. The van der Waals surface area contributed by atoms with Crippen molar-refractivity contribution in [2.45, 2.75) is 13.8 Å². The fourth-order valence-corrected chi connectivity index (χ4v) is 1.22. The Morgan fingerprint density at radius 3 is 2.77 bits per heavy atom. The average molecular weight is 196 g/mol. The Kier molecular flexibility index (Phi) is 3.52. The van der Waals surface area contributed by atoms with E-state index in [1.54, 1.807) is 0 Å². The molecule has 1 aromatic carbocycles. The standard InChI is InChI=1S/C11H14ClN/c1-8(7-13)5-10-3-4-11(12)9(2)6-10/h3-6H,7,13H2,1-2H3/b8-5+. The lowest BCUT2D eigenvalue weighted by Gasteiger charge is -2.00. The van der Waals surface area contributed by atoms with Gasteiger partial charge >= 0.3 is 0 Å². The van der Waals surface area contributed by atoms with Crippen molar-refractivity contribution >= 4 is 17.7 Å². The lowest BCUT2D eigenvalue weighted by atomic mass is 10.1. The molecule has 1 nitrogen and oxygen atoms in total. The van der Waals surface area contributed by atoms with Crippen molar-refractivity contribution in [3.8, 4) is 0 Å². The van der Waals surface area contributed by atoms with Crippen molar-refractivity contribution in [3.63, 3.8) is 0 Å². The highest BCUT2D eigenvalue weighted by Gasteiger charge is 1.95. The number of nitrogens with two attached hydrogens (primary N) is 1. The second-order valence-electron chi connectivity index (χ2n) is 3.20. The SMILES string of the molecule is C/C(=C\c1ccc(Cl)c(C)c1)CN. The number of benzene rings is 1. The van der Waals surface area contributed by atoms with Crippen LogP contribution >= 0.6 is 11.6 Å². The molecule has 0 aliphatic carbocycles. The highest BCUT2D eigenvalue weighted by atomic mass is 35.5. The Morgan fingerprint density at radius 1 is 1.54 bits per heavy atom. The zero-order chi connectivity index (χ0) is 9.84. The molecule has 2 heteroatoms. The number of hydrogen-bond donors (Lipinski definition) is 1. The van der Waals surface area contributed by atoms with Crippen LogP contribution in [0.3, 0.4) is 0 Å². The summed E-state index contributed by atoms with van der Waals surface area (Å²) in [6.45, 7) is 4.61. The van der Waals surface area contributed by atoms with E-state index in [2.05, 4.69) is 12.1 Å². The van der Waals surface area contributed by atoms with Crippen LogP contribution in [-0.4, -0.2) is 6.54 Å². The van der Waals surface area contributed by atoms with Crippen LogP contribution in [-0.2, 0) is 0 Å². The molecule has 2 N–H and O–H groups in total. The first-order chi connectivity index (χ1) is 6.13. The maximum atomic E-state index is 5.91. The Hall–Kier alpha value is -0.790. The third kappa shape index (κ3) is 2.87. The van der Waals surface area contributed by atoms with E-state index in [1.165, 1.54) is 5.57 Å². The summed E-state index contributed by atoms with van der Waals surface area (Å²) in [7, 11) is 0. The number of hydrogen-bond acceptors (Lipinski definition) is 1. The van der Waals surface area contributed by atoms with E-state index in [4.69, 9.17) is 17.3 Å². The molecule has 0 amide bonds. The molecular formula is C11H14ClN. The summed E-state index contributed by atoms with van der Waals surface area (Å²) in [5.41, 5.74) is 8.92. The van der Waals surface area contributed by atoms with Crippen LogP contribution in [0.5, 0.6) is 0 Å². The van der Waals surface area contributed by atoms with E-state index in [0.717, 1.165) is 16.1 Å². The van der Waals surface area contributed by atoms with Crippen LogP contribution in [0.1, 0.15) is 18.1 Å². The lowest BCUT2D eigenvalue weighted by molar-refractivity contribution is 1.15. The van der Waals surface area contributed by atoms with Gasteiger partial charge < -0.3 is 5.73 Å². The molecule has 0 unspecified atom stereocenters. The Labute approximate surface area is 84.2 Å². The summed E-state index contributed by atoms with van der Waals surface area (Å²) in [6.07, 6.45) is 2.07. The molecule has 0 aliphatic rings. The minimum atomic E-state index is 0.599. The van der Waals surface area contributed by atoms with E-state index < -0.39 is 0 Å². The van der Waals surface area contributed by atoms with Crippen LogP contribution in [0.4, 0.5) is 0 Å². The van der Waals surface area contributed by atoms with Gasteiger partial charge in [-0.1, -0.05) is 35.4 Å². The molecule has 1 aromatic rings. The van der Waals surface area contributed by atoms with Gasteiger partial charge in [-0.3, -0.25) is 0 Å². The summed E-state index contributed by atoms with van der Waals surface area (Å²) in [5, 5.41) is 0.808. The van der Waals surface area contributed by atoms with Crippen molar-refractivity contribution < 1.29 is 0 Å². The van der Waals surface area contributed by atoms with Crippen LogP contribution in [0.2, 0.25) is 5.02 Å². The maximum Gasteiger partial charge on any atom is 0.0435 e. The highest BCUT2D eigenvalue weighted by Crippen LogP contribution is 2.17. The molecule has 1 rings (SSSR count). The lowest BCUT2D eigenvalue weighted by Crippen LogP contribution is -1.99. The molecular weight excluding hydrogens is 182 g/mol. The molecule has 70 valence electrons. The minimum absolute atomic E-state index is 0.599. The molecule has 0 atom stereocenters. The van der Waals surface area contributed by atoms with E-state index in [9.17, 15) is 0 Å². The summed E-state index contributed by atoms with van der Waals surface area (Å²) in [6, 6.07) is 5.96. The van der Waals surface area contributed by atoms with Crippen LogP contribution in [0.25, 0.3) is 6.08 Å². The van der Waals surface area contributed by atoms with Gasteiger partial charge in [0.05, 0.1) is 0 Å². The fourth-order valence-electron chi connectivity index (χ4n) is 1.10. The van der Waals surface area contributed by atoms with E-state index >= 15 is 0 Å². The topological polar surface area (TPSA) is 26.0 Å². The fraction of sp³-hybridized carbons (Fsp3) is 0.273. The molecule has 0 fully saturated rings. The van der Waals surface area contributed by atoms with Gasteiger partial charge in [0.2, 0.25) is 0 Å². The van der Waals surface area contributed by atoms with Crippen molar-refractivity contribution in [1.82, 2.24) is 0 Å². The first kappa shape index (κ1) is 10.3. The molecule has 0 bridgehead atoms. The molecule has 0 heterocycles. The van der Waals surface area contributed by atoms with E-state index in [0.29, 0.717) is 6.54 Å². The smallest absolute Gasteiger partial charge is 0.0435 e. The second kappa shape index (κ2) is 4.45. The van der Waals surface area contributed by atoms with Crippen LogP contribution in [0, 0.1) is 6.92 Å². The highest BCUT2D eigenvalue weighted by molar-refractivity contribution is 6.31. The summed E-state index contributed by atoms with van der Waals surface area (Å²) < 4.78 is 0. The minimum Gasteiger partial charge on any atom is -0.327 e. The van der Waals surface area contributed by atoms with Crippen molar-refractivity contribution in [2.24, 2.45) is 5.73 Å². The van der Waals surface area contributed by atoms with Gasteiger partial charge in [0, 0.05) is 11.6 Å². The molecule has 13 heavy (non-hydrogen) atoms. The normalized spacial score (nSPS) is 11.8. The number of halogens is 1. The summed E-state index contributed by atoms with van der Waals surface area (Å²) >= 11 is 5.91. The van der Waals surface area contributed by atoms with Gasteiger partial charge in [0.1, 0.15) is 0 Å². The van der Waals surface area contributed by atoms with Gasteiger partial charge in [-0.05, 0) is 31.0 Å². The van der Waals surface area contributed by atoms with Gasteiger partial charge in [-0.15, -0.1) is 0 Å². The zero-order valence-corrected chi connectivity index (χ0v) is 8.73. The van der Waals surface area contributed by atoms with Crippen LogP contribution < -0.4 is 5.73 Å². The molecule has 0 saturated heterocycles. The summed E-state index contributed by atoms with van der Waals surface area (Å²) in [5.74, 6) is 0. The van der Waals surface area contributed by atoms with Crippen molar-refractivity contribution in [3.05, 3.63) is 39.9 Å². The van der Waals surface area contributed by atoms with Crippen LogP contribution in [0.15, 0.2) is 23.8 Å². The predicted molar refractivity (Wildman–Crippen MR) is 58.9 cm³/mol. The quantitative estimate of drug-likeness (QED) is 0.772. The molecule has 0 saturated carbocycles. The van der Waals surface area contributed by atoms with Crippen molar-refractivity contribution in [1.29, 1.82) is 0 Å². The third-order valence-electron chi connectivity index (χ3n) is 1.92. The monoisotopic (exact) mass is 195 g/mol. The van der Waals surface area contributed by atoms with Gasteiger partial charge in [0.15, 0.2) is 0 Å². The molecule has 0 aliphatic heterocycles. The Balaban J connectivity index is 2.98. The average Bonchev–Trinajstić information content (AvgIpc) is 2.11. The molecule has 0 radical (unpaired) electrons.